The van der Waals surface area contributed by atoms with Gasteiger partial charge in [0.05, 0.1) is 0 Å². The third kappa shape index (κ3) is 2.34. The largest absolute Gasteiger partial charge is 0.448 e. The molecule has 0 amide bonds. The van der Waals surface area contributed by atoms with Crippen LogP contribution in [-0.2, 0) is 0 Å². The second-order valence-electron chi connectivity index (χ2n) is 3.46. The van der Waals surface area contributed by atoms with Crippen molar-refractivity contribution in [1.29, 1.82) is 0 Å². The number of hydrogen-bond donors (Lipinski definition) is 0. The van der Waals surface area contributed by atoms with E-state index in [0.29, 0.717) is 6.29 Å². The van der Waals surface area contributed by atoms with Gasteiger partial charge in [-0.1, -0.05) is 12.1 Å². The van der Waals surface area contributed by atoms with Crippen molar-refractivity contribution < 1.29 is 22.7 Å². The van der Waals surface area contributed by atoms with Crippen molar-refractivity contribution >= 4 is 6.29 Å². The molecular weight excluding hydrogens is 245 g/mol. The molecule has 2 nitrogen and oxygen atoms in total. The minimum atomic E-state index is -1.07. The van der Waals surface area contributed by atoms with Crippen molar-refractivity contribution in [2.75, 3.05) is 0 Å². The predicted molar refractivity (Wildman–Crippen MR) is 58.2 cm³/mol. The monoisotopic (exact) mass is 252 g/mol. The highest BCUT2D eigenvalue weighted by molar-refractivity contribution is 5.75. The van der Waals surface area contributed by atoms with Crippen LogP contribution in [0.5, 0.6) is 11.5 Å². The van der Waals surface area contributed by atoms with E-state index in [-0.39, 0.29) is 11.3 Å². The normalized spacial score (nSPS) is 10.2. The fraction of sp³-hybridized carbons (Fsp3) is 0. The van der Waals surface area contributed by atoms with E-state index in [4.69, 9.17) is 4.74 Å². The molecule has 2 aromatic rings. The van der Waals surface area contributed by atoms with Crippen molar-refractivity contribution in [3.63, 3.8) is 0 Å². The molecule has 0 aromatic heterocycles. The number of para-hydroxylation sites is 1. The molecule has 0 N–H and O–H groups in total. The van der Waals surface area contributed by atoms with Crippen LogP contribution in [0.25, 0.3) is 0 Å². The summed E-state index contributed by atoms with van der Waals surface area (Å²) < 4.78 is 45.0. The Morgan fingerprint density at radius 3 is 2.11 bits per heavy atom. The molecule has 0 fully saturated rings. The Morgan fingerprint density at radius 2 is 1.56 bits per heavy atom. The molecule has 18 heavy (non-hydrogen) atoms. The Bertz CT molecular complexity index is 574. The first kappa shape index (κ1) is 12.2. The molecule has 0 saturated carbocycles. The van der Waals surface area contributed by atoms with E-state index < -0.39 is 23.2 Å². The average Bonchev–Trinajstić information content (AvgIpc) is 2.35. The molecule has 0 heterocycles. The number of halogens is 3. The lowest BCUT2D eigenvalue weighted by Gasteiger charge is -2.08. The highest BCUT2D eigenvalue weighted by Gasteiger charge is 2.15. The lowest BCUT2D eigenvalue weighted by Crippen LogP contribution is -1.96. The molecule has 0 unspecified atom stereocenters. The summed E-state index contributed by atoms with van der Waals surface area (Å²) in [6.45, 7) is 0. The number of carbonyl (C=O) groups is 1. The third-order valence-corrected chi connectivity index (χ3v) is 2.21. The fourth-order valence-electron chi connectivity index (χ4n) is 1.38. The van der Waals surface area contributed by atoms with Crippen LogP contribution in [0.15, 0.2) is 36.4 Å². The first-order valence-corrected chi connectivity index (χ1v) is 4.98. The van der Waals surface area contributed by atoms with Gasteiger partial charge in [0, 0.05) is 5.56 Å². The van der Waals surface area contributed by atoms with Crippen LogP contribution < -0.4 is 4.74 Å². The topological polar surface area (TPSA) is 26.3 Å². The van der Waals surface area contributed by atoms with E-state index in [0.717, 1.165) is 18.2 Å². The number of aldehydes is 1. The maximum Gasteiger partial charge on any atom is 0.198 e. The van der Waals surface area contributed by atoms with Gasteiger partial charge in [0.1, 0.15) is 6.29 Å². The fourth-order valence-corrected chi connectivity index (χ4v) is 1.38. The van der Waals surface area contributed by atoms with Crippen LogP contribution in [0.1, 0.15) is 10.4 Å². The van der Waals surface area contributed by atoms with Crippen LogP contribution in [0, 0.1) is 17.5 Å². The van der Waals surface area contributed by atoms with E-state index >= 15 is 0 Å². The number of rotatable bonds is 3. The lowest BCUT2D eigenvalue weighted by atomic mass is 10.2. The van der Waals surface area contributed by atoms with Crippen LogP contribution in [-0.4, -0.2) is 6.29 Å². The molecule has 2 rings (SSSR count). The Hall–Kier alpha value is -2.30. The summed E-state index contributed by atoms with van der Waals surface area (Å²) in [7, 11) is 0. The van der Waals surface area contributed by atoms with Crippen LogP contribution >= 0.6 is 0 Å². The molecular formula is C13H7F3O2. The standard InChI is InChI=1S/C13H7F3O2/c14-9-3-1-2-4-12(9)18-13-10(15)5-8(7-17)6-11(13)16/h1-7H. The van der Waals surface area contributed by atoms with Gasteiger partial charge in [0.15, 0.2) is 29.0 Å². The van der Waals surface area contributed by atoms with E-state index in [2.05, 4.69) is 0 Å². The van der Waals surface area contributed by atoms with E-state index in [1.165, 1.54) is 18.2 Å². The zero-order valence-corrected chi connectivity index (χ0v) is 8.99. The van der Waals surface area contributed by atoms with Crippen molar-refractivity contribution in [3.05, 3.63) is 59.4 Å². The van der Waals surface area contributed by atoms with Gasteiger partial charge in [-0.2, -0.15) is 0 Å². The minimum absolute atomic E-state index is 0.161. The average molecular weight is 252 g/mol. The summed E-state index contributed by atoms with van der Waals surface area (Å²) in [4.78, 5) is 10.4. The molecule has 0 saturated heterocycles. The Kier molecular flexibility index (Phi) is 3.32. The summed E-state index contributed by atoms with van der Waals surface area (Å²) >= 11 is 0. The van der Waals surface area contributed by atoms with E-state index in [1.807, 2.05) is 0 Å². The lowest BCUT2D eigenvalue weighted by molar-refractivity contribution is 0.112. The first-order chi connectivity index (χ1) is 8.61. The Balaban J connectivity index is 2.41. The second kappa shape index (κ2) is 4.91. The Morgan fingerprint density at radius 1 is 0.944 bits per heavy atom. The molecule has 0 atom stereocenters. The van der Waals surface area contributed by atoms with Crippen molar-refractivity contribution in [3.8, 4) is 11.5 Å². The van der Waals surface area contributed by atoms with Gasteiger partial charge in [-0.15, -0.1) is 0 Å². The molecule has 0 aliphatic heterocycles. The van der Waals surface area contributed by atoms with Gasteiger partial charge in [-0.25, -0.2) is 13.2 Å². The number of benzene rings is 2. The minimum Gasteiger partial charge on any atom is -0.448 e. The number of carbonyl (C=O) groups excluding carboxylic acids is 1. The summed E-state index contributed by atoms with van der Waals surface area (Å²) in [5.41, 5.74) is -0.161. The molecule has 0 spiro atoms. The molecule has 0 aliphatic rings. The molecule has 92 valence electrons. The highest BCUT2D eigenvalue weighted by Crippen LogP contribution is 2.29. The molecule has 0 bridgehead atoms. The van der Waals surface area contributed by atoms with Crippen molar-refractivity contribution in [1.82, 2.24) is 0 Å². The Labute approximate surface area is 101 Å². The summed E-state index contributed by atoms with van der Waals surface area (Å²) in [6.07, 6.45) is 0.305. The highest BCUT2D eigenvalue weighted by atomic mass is 19.1. The van der Waals surface area contributed by atoms with Gasteiger partial charge >= 0.3 is 0 Å². The van der Waals surface area contributed by atoms with Gasteiger partial charge in [0.2, 0.25) is 0 Å². The van der Waals surface area contributed by atoms with Crippen molar-refractivity contribution in [2.24, 2.45) is 0 Å². The first-order valence-electron chi connectivity index (χ1n) is 4.98. The molecule has 0 aliphatic carbocycles. The van der Waals surface area contributed by atoms with Gasteiger partial charge in [0.25, 0.3) is 0 Å². The number of hydrogen-bond acceptors (Lipinski definition) is 2. The van der Waals surface area contributed by atoms with Crippen LogP contribution in [0.4, 0.5) is 13.2 Å². The maximum atomic E-state index is 13.5. The zero-order valence-electron chi connectivity index (χ0n) is 8.99. The number of ether oxygens (including phenoxy) is 1. The summed E-state index contributed by atoms with van der Waals surface area (Å²) in [6, 6.07) is 6.85. The summed E-state index contributed by atoms with van der Waals surface area (Å²) in [5, 5.41) is 0. The van der Waals surface area contributed by atoms with E-state index in [1.54, 1.807) is 0 Å². The maximum absolute atomic E-state index is 13.5. The smallest absolute Gasteiger partial charge is 0.198 e. The molecule has 5 heteroatoms. The SMILES string of the molecule is O=Cc1cc(F)c(Oc2ccccc2F)c(F)c1. The molecule has 2 aromatic carbocycles. The predicted octanol–water partition coefficient (Wildman–Crippen LogP) is 3.71. The summed E-state index contributed by atoms with van der Waals surface area (Å²) in [5.74, 6) is -3.92. The van der Waals surface area contributed by atoms with Gasteiger partial charge in [-0.05, 0) is 24.3 Å². The van der Waals surface area contributed by atoms with Gasteiger partial charge in [-0.3, -0.25) is 4.79 Å². The van der Waals surface area contributed by atoms with E-state index in [9.17, 15) is 18.0 Å². The molecule has 0 radical (unpaired) electrons. The van der Waals surface area contributed by atoms with Crippen molar-refractivity contribution in [2.45, 2.75) is 0 Å². The van der Waals surface area contributed by atoms with Crippen LogP contribution in [0.2, 0.25) is 0 Å². The zero-order chi connectivity index (χ0) is 13.1. The van der Waals surface area contributed by atoms with Crippen LogP contribution in [0.3, 0.4) is 0 Å². The quantitative estimate of drug-likeness (QED) is 0.778. The second-order valence-corrected chi connectivity index (χ2v) is 3.46. The van der Waals surface area contributed by atoms with Gasteiger partial charge < -0.3 is 4.74 Å². The third-order valence-electron chi connectivity index (χ3n) is 2.21.